The van der Waals surface area contributed by atoms with Gasteiger partial charge in [0.2, 0.25) is 6.35 Å². The van der Waals surface area contributed by atoms with Crippen LogP contribution in [0.2, 0.25) is 0 Å². The van der Waals surface area contributed by atoms with Gasteiger partial charge in [0.15, 0.2) is 6.23 Å². The van der Waals surface area contributed by atoms with Gasteiger partial charge in [0.1, 0.15) is 18.3 Å². The lowest BCUT2D eigenvalue weighted by Crippen LogP contribution is -2.50. The maximum absolute atomic E-state index is 11.4. The van der Waals surface area contributed by atoms with Crippen LogP contribution < -0.4 is 5.32 Å². The number of carbonyl (C=O) groups excluding carboxylic acids is 1. The molecular weight excluding hydrogens is 228 g/mol. The summed E-state index contributed by atoms with van der Waals surface area (Å²) in [5.74, 6) is -0.195. The summed E-state index contributed by atoms with van der Waals surface area (Å²) in [6, 6.07) is 0. The van der Waals surface area contributed by atoms with Crippen molar-refractivity contribution in [3.8, 4) is 0 Å². The number of aliphatic hydroxyl groups excluding tert-OH is 2. The third kappa shape index (κ3) is 1.47. The Labute approximate surface area is 97.6 Å². The zero-order chi connectivity index (χ0) is 12.2. The lowest BCUT2D eigenvalue weighted by atomic mass is 10.1. The Morgan fingerprint density at radius 1 is 1.53 bits per heavy atom. The van der Waals surface area contributed by atoms with Gasteiger partial charge in [0, 0.05) is 11.8 Å². The molecule has 0 radical (unpaired) electrons. The molecule has 0 spiro atoms. The highest BCUT2D eigenvalue weighted by atomic mass is 16.6. The fourth-order valence-corrected chi connectivity index (χ4v) is 2.37. The van der Waals surface area contributed by atoms with E-state index in [4.69, 9.17) is 14.6 Å². The summed E-state index contributed by atoms with van der Waals surface area (Å²) in [6.07, 6.45) is -1.50. The lowest BCUT2D eigenvalue weighted by molar-refractivity contribution is -0.134. The first-order valence-corrected chi connectivity index (χ1v) is 5.48. The maximum Gasteiger partial charge on any atom is 0.251 e. The van der Waals surface area contributed by atoms with Gasteiger partial charge in [0.05, 0.1) is 6.61 Å². The van der Waals surface area contributed by atoms with Gasteiger partial charge in [-0.15, -0.1) is 0 Å². The van der Waals surface area contributed by atoms with Crippen molar-refractivity contribution in [2.24, 2.45) is 0 Å². The third-order valence-corrected chi connectivity index (χ3v) is 3.30. The normalized spacial score (nSPS) is 44.2. The predicted octanol–water partition coefficient (Wildman–Crippen LogP) is -1.92. The first-order chi connectivity index (χ1) is 8.11. The largest absolute Gasteiger partial charge is 0.394 e. The fourth-order valence-electron chi connectivity index (χ4n) is 2.37. The Hall–Kier alpha value is -1.15. The minimum atomic E-state index is -0.888. The number of hydrogen-bond donors (Lipinski definition) is 3. The van der Waals surface area contributed by atoms with Crippen molar-refractivity contribution in [1.82, 2.24) is 10.2 Å². The number of carbonyl (C=O) groups is 1. The molecule has 3 rings (SSSR count). The van der Waals surface area contributed by atoms with Crippen LogP contribution >= 0.6 is 0 Å². The first kappa shape index (κ1) is 11.0. The highest BCUT2D eigenvalue weighted by molar-refractivity contribution is 5.93. The standard InChI is InChI=1S/C10H14N2O5/c1-4-2-12-9-7(6(14)5(3-13)16-9)17-10(12)11-8(4)15/h2,5-7,9-10,13-14H,3H2,1H3,(H,11,15)/t5-,6?,7?,9-,10?/m1/s1. The summed E-state index contributed by atoms with van der Waals surface area (Å²) in [6.45, 7) is 1.43. The van der Waals surface area contributed by atoms with Crippen molar-refractivity contribution in [3.63, 3.8) is 0 Å². The highest BCUT2D eigenvalue weighted by Crippen LogP contribution is 2.35. The van der Waals surface area contributed by atoms with Gasteiger partial charge in [-0.3, -0.25) is 4.79 Å². The number of nitrogens with zero attached hydrogens (tertiary/aromatic N) is 1. The Morgan fingerprint density at radius 2 is 2.29 bits per heavy atom. The zero-order valence-corrected chi connectivity index (χ0v) is 9.24. The SMILES string of the molecule is CC1=CN2C(NC1=O)OC1C(O)[C@@H](CO)O[C@H]12. The molecule has 7 nitrogen and oxygen atoms in total. The summed E-state index contributed by atoms with van der Waals surface area (Å²) in [5, 5.41) is 21.6. The maximum atomic E-state index is 11.4. The van der Waals surface area contributed by atoms with E-state index < -0.39 is 30.9 Å². The molecule has 2 saturated heterocycles. The molecular formula is C10H14N2O5. The molecule has 7 heteroatoms. The van der Waals surface area contributed by atoms with E-state index in [1.54, 1.807) is 18.0 Å². The molecule has 3 aliphatic rings. The topological polar surface area (TPSA) is 91.3 Å². The van der Waals surface area contributed by atoms with E-state index in [1.165, 1.54) is 0 Å². The van der Waals surface area contributed by atoms with Crippen LogP contribution in [0.15, 0.2) is 11.8 Å². The monoisotopic (exact) mass is 242 g/mol. The van der Waals surface area contributed by atoms with Crippen molar-refractivity contribution in [2.75, 3.05) is 6.61 Å². The van der Waals surface area contributed by atoms with E-state index in [1.807, 2.05) is 0 Å². The molecule has 3 N–H and O–H groups in total. The smallest absolute Gasteiger partial charge is 0.251 e. The Balaban J connectivity index is 1.86. The number of rotatable bonds is 1. The minimum Gasteiger partial charge on any atom is -0.394 e. The second-order valence-corrected chi connectivity index (χ2v) is 4.42. The highest BCUT2D eigenvalue weighted by Gasteiger charge is 2.55. The number of nitrogens with one attached hydrogen (secondary N) is 1. The van der Waals surface area contributed by atoms with Crippen LogP contribution in [0.5, 0.6) is 0 Å². The summed E-state index contributed by atoms with van der Waals surface area (Å²) in [5.41, 5.74) is 0.552. The third-order valence-electron chi connectivity index (χ3n) is 3.30. The summed E-state index contributed by atoms with van der Waals surface area (Å²) >= 11 is 0. The van der Waals surface area contributed by atoms with Gasteiger partial charge in [-0.25, -0.2) is 0 Å². The summed E-state index contributed by atoms with van der Waals surface area (Å²) in [7, 11) is 0. The van der Waals surface area contributed by atoms with E-state index in [2.05, 4.69) is 5.32 Å². The van der Waals surface area contributed by atoms with Gasteiger partial charge in [0.25, 0.3) is 5.91 Å². The lowest BCUT2D eigenvalue weighted by Gasteiger charge is -2.31. The zero-order valence-electron chi connectivity index (χ0n) is 9.24. The number of hydrogen-bond acceptors (Lipinski definition) is 6. The summed E-state index contributed by atoms with van der Waals surface area (Å²) < 4.78 is 11.0. The average molecular weight is 242 g/mol. The van der Waals surface area contributed by atoms with Crippen molar-refractivity contribution in [1.29, 1.82) is 0 Å². The molecule has 0 bridgehead atoms. The number of ether oxygens (including phenoxy) is 2. The van der Waals surface area contributed by atoms with Crippen molar-refractivity contribution in [2.45, 2.75) is 37.8 Å². The molecule has 1 amide bonds. The molecule has 17 heavy (non-hydrogen) atoms. The first-order valence-electron chi connectivity index (χ1n) is 5.48. The number of amides is 1. The van der Waals surface area contributed by atoms with E-state index >= 15 is 0 Å². The molecule has 5 atom stereocenters. The van der Waals surface area contributed by atoms with E-state index in [0.717, 1.165) is 0 Å². The van der Waals surface area contributed by atoms with Crippen LogP contribution in [-0.2, 0) is 14.3 Å². The van der Waals surface area contributed by atoms with E-state index in [9.17, 15) is 9.90 Å². The van der Waals surface area contributed by atoms with Crippen molar-refractivity contribution >= 4 is 5.91 Å². The summed E-state index contributed by atoms with van der Waals surface area (Å²) in [4.78, 5) is 13.1. The predicted molar refractivity (Wildman–Crippen MR) is 54.2 cm³/mol. The van der Waals surface area contributed by atoms with Crippen LogP contribution in [-0.4, -0.2) is 58.5 Å². The molecule has 3 aliphatic heterocycles. The fraction of sp³-hybridized carbons (Fsp3) is 0.700. The van der Waals surface area contributed by atoms with E-state index in [-0.39, 0.29) is 12.5 Å². The van der Waals surface area contributed by atoms with Crippen LogP contribution in [0.4, 0.5) is 0 Å². The molecule has 3 heterocycles. The van der Waals surface area contributed by atoms with Gasteiger partial charge >= 0.3 is 0 Å². The quantitative estimate of drug-likeness (QED) is 0.496. The second-order valence-electron chi connectivity index (χ2n) is 4.42. The number of fused-ring (bicyclic) bond motifs is 3. The average Bonchev–Trinajstić information content (AvgIpc) is 2.78. The molecule has 0 aromatic rings. The van der Waals surface area contributed by atoms with Gasteiger partial charge in [-0.05, 0) is 6.92 Å². The Morgan fingerprint density at radius 3 is 3.00 bits per heavy atom. The number of aliphatic hydroxyl groups is 2. The molecule has 2 fully saturated rings. The second kappa shape index (κ2) is 3.67. The molecule has 0 saturated carbocycles. The van der Waals surface area contributed by atoms with Gasteiger partial charge in [-0.2, -0.15) is 0 Å². The Bertz CT molecular complexity index is 385. The van der Waals surface area contributed by atoms with Crippen LogP contribution in [0.1, 0.15) is 6.92 Å². The van der Waals surface area contributed by atoms with Crippen molar-refractivity contribution < 1.29 is 24.5 Å². The Kier molecular flexibility index (Phi) is 2.37. The minimum absolute atomic E-state index is 0.195. The molecule has 94 valence electrons. The van der Waals surface area contributed by atoms with Crippen LogP contribution in [0.25, 0.3) is 0 Å². The molecule has 0 aliphatic carbocycles. The van der Waals surface area contributed by atoms with Crippen LogP contribution in [0, 0.1) is 0 Å². The molecule has 3 unspecified atom stereocenters. The van der Waals surface area contributed by atoms with Crippen LogP contribution in [0.3, 0.4) is 0 Å². The molecule has 0 aromatic heterocycles. The van der Waals surface area contributed by atoms with Crippen molar-refractivity contribution in [3.05, 3.63) is 11.8 Å². The molecule has 0 aromatic carbocycles. The van der Waals surface area contributed by atoms with E-state index in [0.29, 0.717) is 5.57 Å². The van der Waals surface area contributed by atoms with Gasteiger partial charge < -0.3 is 29.9 Å². The van der Waals surface area contributed by atoms with Gasteiger partial charge in [-0.1, -0.05) is 0 Å².